The largest absolute Gasteiger partial charge is 0.465 e. The Morgan fingerprint density at radius 3 is 2.96 bits per heavy atom. The van der Waals surface area contributed by atoms with Crippen LogP contribution in [0.15, 0.2) is 29.2 Å². The maximum absolute atomic E-state index is 13.1. The van der Waals surface area contributed by atoms with Crippen molar-refractivity contribution in [3.63, 3.8) is 0 Å². The predicted molar refractivity (Wildman–Crippen MR) is 97.9 cm³/mol. The first kappa shape index (κ1) is 17.4. The fourth-order valence-corrected chi connectivity index (χ4v) is 3.53. The first-order valence-corrected chi connectivity index (χ1v) is 8.81. The number of aromatic nitrogens is 3. The number of nitrogens with zero attached hydrogens (tertiary/aromatic N) is 3. The smallest absolute Gasteiger partial charge is 0.341 e. The third kappa shape index (κ3) is 2.82. The molecular formula is C19H20N4O4. The second-order valence-corrected chi connectivity index (χ2v) is 6.68. The van der Waals surface area contributed by atoms with Crippen LogP contribution < -0.4 is 11.0 Å². The zero-order valence-electron chi connectivity index (χ0n) is 15.2. The summed E-state index contributed by atoms with van der Waals surface area (Å²) in [5.41, 5.74) is 1.47. The maximum atomic E-state index is 13.1. The van der Waals surface area contributed by atoms with E-state index in [1.54, 1.807) is 16.8 Å². The van der Waals surface area contributed by atoms with Crippen molar-refractivity contribution >= 4 is 22.6 Å². The number of rotatable bonds is 3. The molecule has 0 radical (unpaired) electrons. The second kappa shape index (κ2) is 6.62. The van der Waals surface area contributed by atoms with Crippen LogP contribution in [0, 0.1) is 12.3 Å². The number of carbonyl (C=O) groups excluding carboxylic acids is 1. The first-order chi connectivity index (χ1) is 13.0. The van der Waals surface area contributed by atoms with Crippen molar-refractivity contribution in [2.24, 2.45) is 0 Å². The van der Waals surface area contributed by atoms with Crippen LogP contribution in [0.3, 0.4) is 0 Å². The number of fused-ring (bicyclic) bond motifs is 2. The van der Waals surface area contributed by atoms with Gasteiger partial charge in [0, 0.05) is 12.8 Å². The third-order valence-electron chi connectivity index (χ3n) is 4.95. The molecular weight excluding hydrogens is 348 g/mol. The van der Waals surface area contributed by atoms with Crippen molar-refractivity contribution in [1.82, 2.24) is 14.0 Å². The Balaban J connectivity index is 2.09. The molecule has 1 unspecified atom stereocenters. The summed E-state index contributed by atoms with van der Waals surface area (Å²) in [5.74, 6) is -0.656. The lowest BCUT2D eigenvalue weighted by atomic mass is 10.2. The summed E-state index contributed by atoms with van der Waals surface area (Å²) in [6.07, 6.45) is 3.38. The minimum Gasteiger partial charge on any atom is -0.465 e. The summed E-state index contributed by atoms with van der Waals surface area (Å²) in [7, 11) is 1.26. The number of methoxy groups -OCH3 is 1. The second-order valence-electron chi connectivity index (χ2n) is 6.68. The average Bonchev–Trinajstić information content (AvgIpc) is 3.18. The van der Waals surface area contributed by atoms with E-state index in [9.17, 15) is 9.59 Å². The predicted octanol–water partition coefficient (Wildman–Crippen LogP) is 1.40. The van der Waals surface area contributed by atoms with Gasteiger partial charge in [-0.25, -0.2) is 9.78 Å². The van der Waals surface area contributed by atoms with Gasteiger partial charge in [0.15, 0.2) is 0 Å². The summed E-state index contributed by atoms with van der Waals surface area (Å²) in [5, 5.41) is 8.79. The lowest BCUT2D eigenvalue weighted by Crippen LogP contribution is -2.33. The van der Waals surface area contributed by atoms with Crippen molar-refractivity contribution in [3.05, 3.63) is 51.4 Å². The molecule has 4 rings (SSSR count). The molecule has 27 heavy (non-hydrogen) atoms. The fraction of sp³-hybridized carbons (Fsp3) is 0.368. The minimum atomic E-state index is -0.656. The molecule has 0 amide bonds. The van der Waals surface area contributed by atoms with Gasteiger partial charge in [-0.15, -0.1) is 0 Å². The molecule has 3 aromatic heterocycles. The molecule has 1 aliphatic heterocycles. The molecule has 140 valence electrons. The Morgan fingerprint density at radius 2 is 2.26 bits per heavy atom. The van der Waals surface area contributed by atoms with Crippen LogP contribution >= 0.6 is 0 Å². The van der Waals surface area contributed by atoms with Gasteiger partial charge >= 0.3 is 5.97 Å². The molecule has 1 saturated heterocycles. The number of hydrogen-bond acceptors (Lipinski definition) is 6. The molecule has 8 nitrogen and oxygen atoms in total. The normalized spacial score (nSPS) is 16.9. The summed E-state index contributed by atoms with van der Waals surface area (Å²) in [4.78, 5) is 29.9. The van der Waals surface area contributed by atoms with Gasteiger partial charge < -0.3 is 14.0 Å². The van der Waals surface area contributed by atoms with Gasteiger partial charge in [0.2, 0.25) is 0 Å². The number of pyridine rings is 2. The van der Waals surface area contributed by atoms with E-state index in [2.05, 4.69) is 4.98 Å². The topological polar surface area (TPSA) is 98.7 Å². The van der Waals surface area contributed by atoms with E-state index < -0.39 is 5.97 Å². The third-order valence-corrected chi connectivity index (χ3v) is 4.95. The molecule has 1 atom stereocenters. The highest BCUT2D eigenvalue weighted by atomic mass is 16.5. The molecule has 3 aromatic rings. The number of aryl methyl sites for hydroxylation is 1. The molecule has 1 fully saturated rings. The average molecular weight is 368 g/mol. The summed E-state index contributed by atoms with van der Waals surface area (Å²) in [6, 6.07) is 5.06. The van der Waals surface area contributed by atoms with E-state index >= 15 is 0 Å². The van der Waals surface area contributed by atoms with Crippen molar-refractivity contribution in [1.29, 1.82) is 5.41 Å². The Labute approximate surface area is 154 Å². The molecule has 1 aliphatic rings. The Kier molecular flexibility index (Phi) is 4.27. The minimum absolute atomic E-state index is 0.0327. The van der Waals surface area contributed by atoms with Crippen LogP contribution in [0.2, 0.25) is 0 Å². The summed E-state index contributed by atoms with van der Waals surface area (Å²) >= 11 is 0. The van der Waals surface area contributed by atoms with Gasteiger partial charge in [-0.1, -0.05) is 6.07 Å². The van der Waals surface area contributed by atoms with Gasteiger partial charge in [-0.3, -0.25) is 14.6 Å². The van der Waals surface area contributed by atoms with Gasteiger partial charge in [0.1, 0.15) is 22.3 Å². The Hall–Kier alpha value is -3.00. The van der Waals surface area contributed by atoms with E-state index in [4.69, 9.17) is 14.9 Å². The number of ether oxygens (including phenoxy) is 2. The Morgan fingerprint density at radius 1 is 1.44 bits per heavy atom. The Bertz CT molecular complexity index is 1170. The lowest BCUT2D eigenvalue weighted by molar-refractivity contribution is 0.0595. The van der Waals surface area contributed by atoms with E-state index in [0.29, 0.717) is 24.4 Å². The van der Waals surface area contributed by atoms with Gasteiger partial charge in [0.25, 0.3) is 5.56 Å². The maximum Gasteiger partial charge on any atom is 0.341 e. The quantitative estimate of drug-likeness (QED) is 0.557. The highest BCUT2D eigenvalue weighted by Gasteiger charge is 2.22. The molecule has 4 heterocycles. The number of hydrogen-bond donors (Lipinski definition) is 1. The van der Waals surface area contributed by atoms with Crippen LogP contribution in [0.1, 0.15) is 28.8 Å². The van der Waals surface area contributed by atoms with E-state index in [0.717, 1.165) is 18.4 Å². The van der Waals surface area contributed by atoms with Crippen LogP contribution in [0.4, 0.5) is 0 Å². The molecule has 8 heteroatoms. The summed E-state index contributed by atoms with van der Waals surface area (Å²) < 4.78 is 13.5. The molecule has 1 N–H and O–H groups in total. The van der Waals surface area contributed by atoms with Gasteiger partial charge in [-0.05, 0) is 37.5 Å². The number of esters is 1. The van der Waals surface area contributed by atoms with Crippen molar-refractivity contribution in [2.75, 3.05) is 13.7 Å². The number of nitrogens with one attached hydrogen (secondary N) is 1. The van der Waals surface area contributed by atoms with Crippen LogP contribution in [-0.2, 0) is 16.0 Å². The lowest BCUT2D eigenvalue weighted by Gasteiger charge is -2.17. The molecule has 0 aromatic carbocycles. The standard InChI is InChI=1S/C19H20N4O4/c1-11-5-3-7-22-16(11)21-17-14(18(22)24)9-13(19(25)26-2)15(20)23(17)10-12-6-4-8-27-12/h3,5,7,9,12,20H,4,6,8,10H2,1-2H3. The van der Waals surface area contributed by atoms with E-state index in [-0.39, 0.29) is 28.1 Å². The highest BCUT2D eigenvalue weighted by Crippen LogP contribution is 2.17. The SMILES string of the molecule is COC(=O)c1cc2c(=O)n3cccc(C)c3nc2n(CC2CCCO2)c1=N. The molecule has 0 saturated carbocycles. The zero-order valence-corrected chi connectivity index (χ0v) is 15.2. The summed E-state index contributed by atoms with van der Waals surface area (Å²) in [6.45, 7) is 2.91. The van der Waals surface area contributed by atoms with Crippen LogP contribution in [0.5, 0.6) is 0 Å². The van der Waals surface area contributed by atoms with Crippen LogP contribution in [0.25, 0.3) is 16.7 Å². The highest BCUT2D eigenvalue weighted by molar-refractivity contribution is 5.93. The van der Waals surface area contributed by atoms with Crippen molar-refractivity contribution in [2.45, 2.75) is 32.4 Å². The zero-order chi connectivity index (χ0) is 19.1. The van der Waals surface area contributed by atoms with Crippen molar-refractivity contribution < 1.29 is 14.3 Å². The number of carbonyl (C=O) groups is 1. The van der Waals surface area contributed by atoms with Crippen LogP contribution in [-0.4, -0.2) is 39.7 Å². The monoisotopic (exact) mass is 368 g/mol. The molecule has 0 bridgehead atoms. The van der Waals surface area contributed by atoms with E-state index in [1.165, 1.54) is 17.6 Å². The van der Waals surface area contributed by atoms with E-state index in [1.807, 2.05) is 13.0 Å². The van der Waals surface area contributed by atoms with Gasteiger partial charge in [0.05, 0.1) is 25.1 Å². The van der Waals surface area contributed by atoms with Crippen molar-refractivity contribution in [3.8, 4) is 0 Å². The van der Waals surface area contributed by atoms with Gasteiger partial charge in [-0.2, -0.15) is 0 Å². The molecule has 0 aliphatic carbocycles. The fourth-order valence-electron chi connectivity index (χ4n) is 3.53. The molecule has 0 spiro atoms. The first-order valence-electron chi connectivity index (χ1n) is 8.81.